The van der Waals surface area contributed by atoms with E-state index in [9.17, 15) is 13.2 Å². The summed E-state index contributed by atoms with van der Waals surface area (Å²) in [6.07, 6.45) is 0. The van der Waals surface area contributed by atoms with Gasteiger partial charge in [0.1, 0.15) is 6.04 Å². The fourth-order valence-electron chi connectivity index (χ4n) is 0.942. The first-order valence-electron chi connectivity index (χ1n) is 2.92. The van der Waals surface area contributed by atoms with E-state index in [1.54, 1.807) is 0 Å². The lowest BCUT2D eigenvalue weighted by molar-refractivity contribution is -0.139. The van der Waals surface area contributed by atoms with Crippen LogP contribution in [0.2, 0.25) is 0 Å². The van der Waals surface area contributed by atoms with E-state index >= 15 is 0 Å². The van der Waals surface area contributed by atoms with Gasteiger partial charge in [-0.2, -0.15) is 8.42 Å². The third-order valence-corrected chi connectivity index (χ3v) is 2.65. The molecule has 11 heavy (non-hydrogen) atoms. The van der Waals surface area contributed by atoms with Crippen LogP contribution in [0.5, 0.6) is 0 Å². The Balaban J connectivity index is 2.88. The van der Waals surface area contributed by atoms with Crippen molar-refractivity contribution >= 4 is 16.2 Å². The van der Waals surface area contributed by atoms with Crippen LogP contribution in [0.25, 0.3) is 0 Å². The van der Waals surface area contributed by atoms with Crippen molar-refractivity contribution in [2.75, 3.05) is 0 Å². The molecule has 1 amide bonds. The number of hydrogen-bond acceptors (Lipinski definition) is 4. The van der Waals surface area contributed by atoms with E-state index in [1.807, 2.05) is 0 Å². The van der Waals surface area contributed by atoms with Crippen molar-refractivity contribution in [1.29, 1.82) is 0 Å². The van der Waals surface area contributed by atoms with Crippen molar-refractivity contribution in [3.05, 3.63) is 0 Å². The van der Waals surface area contributed by atoms with E-state index in [0.29, 0.717) is 4.31 Å². The summed E-state index contributed by atoms with van der Waals surface area (Å²) in [7, 11) is -4.39. The minimum atomic E-state index is -4.39. The predicted molar refractivity (Wildman–Crippen MR) is 35.8 cm³/mol. The van der Waals surface area contributed by atoms with Gasteiger partial charge in [-0.25, -0.2) is 4.31 Å². The Morgan fingerprint density at radius 3 is 2.27 bits per heavy atom. The highest BCUT2D eigenvalue weighted by molar-refractivity contribution is 7.84. The summed E-state index contributed by atoms with van der Waals surface area (Å²) in [5.41, 5.74) is 5.19. The summed E-state index contributed by atoms with van der Waals surface area (Å²) < 4.78 is 29.5. The molecule has 0 aromatic carbocycles. The smallest absolute Gasteiger partial charge is 0.318 e. The molecule has 1 rings (SSSR count). The number of rotatable bonds is 1. The number of carbonyl (C=O) groups is 1. The second-order valence-corrected chi connectivity index (χ2v) is 3.67. The van der Waals surface area contributed by atoms with Gasteiger partial charge in [-0.05, 0) is 6.92 Å². The summed E-state index contributed by atoms with van der Waals surface area (Å²) in [6.45, 7) is 1.44. The zero-order chi connectivity index (χ0) is 8.81. The average molecular weight is 180 g/mol. The normalized spacial score (nSPS) is 31.9. The topological polar surface area (TPSA) is 101 Å². The van der Waals surface area contributed by atoms with Crippen LogP contribution in [0.15, 0.2) is 0 Å². The maximum absolute atomic E-state index is 10.7. The minimum absolute atomic E-state index is 0.359. The van der Waals surface area contributed by atoms with Gasteiger partial charge < -0.3 is 5.73 Å². The fourth-order valence-corrected chi connectivity index (χ4v) is 1.84. The third kappa shape index (κ3) is 1.10. The Bertz CT molecular complexity index is 284. The van der Waals surface area contributed by atoms with Crippen LogP contribution in [0.4, 0.5) is 0 Å². The number of hydrogen-bond donors (Lipinski definition) is 2. The van der Waals surface area contributed by atoms with Crippen molar-refractivity contribution in [3.63, 3.8) is 0 Å². The first-order valence-corrected chi connectivity index (χ1v) is 4.31. The number of nitrogens with two attached hydrogens (primary N) is 1. The summed E-state index contributed by atoms with van der Waals surface area (Å²) in [5.74, 6) is -0.764. The van der Waals surface area contributed by atoms with Crippen LogP contribution in [0.3, 0.4) is 0 Å². The first-order chi connectivity index (χ1) is 4.85. The lowest BCUT2D eigenvalue weighted by Crippen LogP contribution is -2.68. The second kappa shape index (κ2) is 2.16. The van der Waals surface area contributed by atoms with Gasteiger partial charge in [0.15, 0.2) is 0 Å². The zero-order valence-electron chi connectivity index (χ0n) is 5.76. The second-order valence-electron chi connectivity index (χ2n) is 2.38. The average Bonchev–Trinajstić information content (AvgIpc) is 1.85. The van der Waals surface area contributed by atoms with Gasteiger partial charge in [-0.1, -0.05) is 0 Å². The van der Waals surface area contributed by atoms with Crippen molar-refractivity contribution in [2.24, 2.45) is 5.73 Å². The highest BCUT2D eigenvalue weighted by Gasteiger charge is 2.48. The van der Waals surface area contributed by atoms with Gasteiger partial charge in [0, 0.05) is 0 Å². The Morgan fingerprint density at radius 1 is 1.64 bits per heavy atom. The molecule has 0 aliphatic carbocycles. The Morgan fingerprint density at radius 2 is 2.09 bits per heavy atom. The molecule has 0 aromatic rings. The van der Waals surface area contributed by atoms with E-state index in [4.69, 9.17) is 10.3 Å². The van der Waals surface area contributed by atoms with Gasteiger partial charge >= 0.3 is 10.3 Å². The minimum Gasteiger partial charge on any atom is -0.318 e. The predicted octanol–water partition coefficient (Wildman–Crippen LogP) is -1.65. The van der Waals surface area contributed by atoms with Crippen LogP contribution in [0.1, 0.15) is 6.92 Å². The standard InChI is InChI=1S/C4H8N2O4S/c1-2-3(5)4(7)6(2)11(8,9)10/h2-3H,5H2,1H3,(H,8,9,10)/t2?,3-/m0/s1. The zero-order valence-corrected chi connectivity index (χ0v) is 6.58. The van der Waals surface area contributed by atoms with Gasteiger partial charge in [0.2, 0.25) is 0 Å². The molecule has 3 N–H and O–H groups in total. The molecule has 0 aromatic heterocycles. The van der Waals surface area contributed by atoms with Gasteiger partial charge in [-0.15, -0.1) is 0 Å². The highest BCUT2D eigenvalue weighted by atomic mass is 32.2. The van der Waals surface area contributed by atoms with Gasteiger partial charge in [0.25, 0.3) is 5.91 Å². The Hall–Kier alpha value is -0.660. The first kappa shape index (κ1) is 8.44. The quantitative estimate of drug-likeness (QED) is 0.372. The molecule has 1 unspecified atom stereocenters. The monoisotopic (exact) mass is 180 g/mol. The Labute approximate surface area is 63.9 Å². The maximum atomic E-state index is 10.7. The van der Waals surface area contributed by atoms with E-state index in [1.165, 1.54) is 6.92 Å². The number of nitrogens with zero attached hydrogens (tertiary/aromatic N) is 1. The van der Waals surface area contributed by atoms with Crippen LogP contribution < -0.4 is 5.73 Å². The third-order valence-electron chi connectivity index (χ3n) is 1.64. The summed E-state index contributed by atoms with van der Waals surface area (Å²) in [4.78, 5) is 10.7. The highest BCUT2D eigenvalue weighted by Crippen LogP contribution is 2.20. The molecule has 1 saturated heterocycles. The molecule has 64 valence electrons. The molecule has 1 heterocycles. The van der Waals surface area contributed by atoms with Crippen LogP contribution >= 0.6 is 0 Å². The van der Waals surface area contributed by atoms with Gasteiger partial charge in [-0.3, -0.25) is 9.35 Å². The molecule has 1 aliphatic heterocycles. The largest absolute Gasteiger partial charge is 0.362 e. The molecule has 0 saturated carbocycles. The lowest BCUT2D eigenvalue weighted by Gasteiger charge is -2.39. The van der Waals surface area contributed by atoms with Crippen molar-refractivity contribution in [2.45, 2.75) is 19.0 Å². The summed E-state index contributed by atoms with van der Waals surface area (Å²) in [5, 5.41) is 0. The number of carbonyl (C=O) groups excluding carboxylic acids is 1. The summed E-state index contributed by atoms with van der Waals surface area (Å²) in [6, 6.07) is -1.45. The van der Waals surface area contributed by atoms with E-state index in [2.05, 4.69) is 0 Å². The van der Waals surface area contributed by atoms with E-state index in [0.717, 1.165) is 0 Å². The van der Waals surface area contributed by atoms with E-state index < -0.39 is 28.3 Å². The molecule has 1 fully saturated rings. The Kier molecular flexibility index (Phi) is 1.66. The SMILES string of the molecule is CC1[C@H](N)C(=O)N1S(=O)(=O)O. The summed E-state index contributed by atoms with van der Waals surface area (Å²) >= 11 is 0. The molecule has 7 heteroatoms. The van der Waals surface area contributed by atoms with Crippen molar-refractivity contribution < 1.29 is 17.8 Å². The number of β-lactam (4-membered cyclic amide) rings is 1. The van der Waals surface area contributed by atoms with Crippen molar-refractivity contribution in [3.8, 4) is 0 Å². The molecule has 2 atom stereocenters. The van der Waals surface area contributed by atoms with Crippen LogP contribution in [-0.2, 0) is 15.1 Å². The number of amides is 1. The van der Waals surface area contributed by atoms with Crippen LogP contribution in [0, 0.1) is 0 Å². The molecular weight excluding hydrogens is 172 g/mol. The maximum Gasteiger partial charge on any atom is 0.362 e. The van der Waals surface area contributed by atoms with E-state index in [-0.39, 0.29) is 0 Å². The molecular formula is C4H8N2O4S. The molecule has 0 spiro atoms. The molecule has 6 nitrogen and oxygen atoms in total. The lowest BCUT2D eigenvalue weighted by atomic mass is 10.0. The molecule has 0 radical (unpaired) electrons. The van der Waals surface area contributed by atoms with Gasteiger partial charge in [0.05, 0.1) is 6.04 Å². The van der Waals surface area contributed by atoms with Crippen molar-refractivity contribution in [1.82, 2.24) is 4.31 Å². The fraction of sp³-hybridized carbons (Fsp3) is 0.750. The van der Waals surface area contributed by atoms with Crippen LogP contribution in [-0.4, -0.2) is 35.3 Å². The molecule has 1 aliphatic rings. The molecule has 0 bridgehead atoms.